The molecule has 1 aromatic heterocycles. The second kappa shape index (κ2) is 3.70. The Hall–Kier alpha value is -1.50. The molecule has 8 heteroatoms. The minimum absolute atomic E-state index is 0.304. The SMILES string of the molecule is Nc1c(Cl)cc(C(F)F)nc1[N+](=O)[O-]. The number of nitro groups is 1. The molecule has 0 fully saturated rings. The molecule has 1 heterocycles. The highest BCUT2D eigenvalue weighted by Crippen LogP contribution is 2.31. The molecule has 0 amide bonds. The largest absolute Gasteiger partial charge is 0.391 e. The average Bonchev–Trinajstić information content (AvgIpc) is 2.08. The van der Waals surface area contributed by atoms with Gasteiger partial charge in [-0.15, -0.1) is 0 Å². The number of aromatic nitrogens is 1. The fourth-order valence-corrected chi connectivity index (χ4v) is 0.976. The lowest BCUT2D eigenvalue weighted by Gasteiger charge is -2.00. The highest BCUT2D eigenvalue weighted by Gasteiger charge is 2.24. The molecule has 0 unspecified atom stereocenters. The zero-order valence-corrected chi connectivity index (χ0v) is 7.33. The maximum atomic E-state index is 12.1. The third-order valence-corrected chi connectivity index (χ3v) is 1.72. The van der Waals surface area contributed by atoms with Crippen LogP contribution in [0, 0.1) is 10.1 Å². The summed E-state index contributed by atoms with van der Waals surface area (Å²) in [6.45, 7) is 0. The second-order valence-corrected chi connectivity index (χ2v) is 2.73. The Bertz CT molecular complexity index is 386. The van der Waals surface area contributed by atoms with Gasteiger partial charge in [-0.1, -0.05) is 11.6 Å². The van der Waals surface area contributed by atoms with Crippen LogP contribution in [-0.2, 0) is 0 Å². The smallest absolute Gasteiger partial charge is 0.388 e. The normalized spacial score (nSPS) is 10.6. The number of nitrogen functional groups attached to an aromatic ring is 1. The summed E-state index contributed by atoms with van der Waals surface area (Å²) in [4.78, 5) is 12.4. The van der Waals surface area contributed by atoms with Crippen molar-refractivity contribution in [3.8, 4) is 0 Å². The zero-order chi connectivity index (χ0) is 10.9. The summed E-state index contributed by atoms with van der Waals surface area (Å²) in [5, 5.41) is 10.0. The minimum Gasteiger partial charge on any atom is -0.391 e. The number of halogens is 3. The van der Waals surface area contributed by atoms with Crippen LogP contribution < -0.4 is 5.73 Å². The lowest BCUT2D eigenvalue weighted by Crippen LogP contribution is -2.02. The third kappa shape index (κ3) is 1.87. The van der Waals surface area contributed by atoms with Crippen LogP contribution in [0.2, 0.25) is 5.02 Å². The quantitative estimate of drug-likeness (QED) is 0.615. The molecule has 0 saturated heterocycles. The molecule has 0 aliphatic rings. The maximum Gasteiger partial charge on any atom is 0.388 e. The number of anilines is 1. The Balaban J connectivity index is 3.35. The maximum absolute atomic E-state index is 12.1. The van der Waals surface area contributed by atoms with Crippen molar-refractivity contribution in [1.82, 2.24) is 4.98 Å². The molecule has 0 radical (unpaired) electrons. The molecule has 0 spiro atoms. The van der Waals surface area contributed by atoms with Gasteiger partial charge in [-0.05, 0) is 9.91 Å². The molecule has 14 heavy (non-hydrogen) atoms. The highest BCUT2D eigenvalue weighted by atomic mass is 35.5. The Labute approximate surface area is 81.6 Å². The highest BCUT2D eigenvalue weighted by molar-refractivity contribution is 6.33. The Morgan fingerprint density at radius 1 is 1.64 bits per heavy atom. The number of pyridine rings is 1. The molecule has 5 nitrogen and oxygen atoms in total. The van der Waals surface area contributed by atoms with Gasteiger partial charge in [0.05, 0.1) is 5.02 Å². The number of alkyl halides is 2. The molecule has 1 rings (SSSR count). The van der Waals surface area contributed by atoms with Gasteiger partial charge >= 0.3 is 12.2 Å². The number of rotatable bonds is 2. The standard InChI is InChI=1S/C6H4ClF2N3O2/c7-2-1-3(5(8)9)11-6(4(2)10)12(13)14/h1,5H,10H2. The summed E-state index contributed by atoms with van der Waals surface area (Å²) < 4.78 is 24.3. The molecular weight excluding hydrogens is 220 g/mol. The van der Waals surface area contributed by atoms with Crippen LogP contribution in [0.15, 0.2) is 6.07 Å². The van der Waals surface area contributed by atoms with E-state index in [1.54, 1.807) is 0 Å². The number of hydrogen-bond acceptors (Lipinski definition) is 4. The van der Waals surface area contributed by atoms with E-state index in [1.165, 1.54) is 0 Å². The topological polar surface area (TPSA) is 82.0 Å². The van der Waals surface area contributed by atoms with Crippen LogP contribution in [-0.4, -0.2) is 9.91 Å². The van der Waals surface area contributed by atoms with Crippen LogP contribution in [0.1, 0.15) is 12.1 Å². The molecule has 76 valence electrons. The van der Waals surface area contributed by atoms with Crippen molar-refractivity contribution in [1.29, 1.82) is 0 Å². The van der Waals surface area contributed by atoms with Crippen molar-refractivity contribution < 1.29 is 13.7 Å². The molecule has 0 bridgehead atoms. The van der Waals surface area contributed by atoms with Crippen molar-refractivity contribution in [2.45, 2.75) is 6.43 Å². The van der Waals surface area contributed by atoms with Crippen LogP contribution in [0.4, 0.5) is 20.3 Å². The van der Waals surface area contributed by atoms with E-state index < -0.39 is 28.5 Å². The van der Waals surface area contributed by atoms with Gasteiger partial charge in [0.2, 0.25) is 5.69 Å². The summed E-state index contributed by atoms with van der Waals surface area (Å²) in [6.07, 6.45) is -2.92. The lowest BCUT2D eigenvalue weighted by molar-refractivity contribution is -0.388. The van der Waals surface area contributed by atoms with Gasteiger partial charge in [0.1, 0.15) is 5.69 Å². The van der Waals surface area contributed by atoms with Crippen molar-refractivity contribution in [2.24, 2.45) is 0 Å². The van der Waals surface area contributed by atoms with Gasteiger partial charge in [-0.3, -0.25) is 0 Å². The van der Waals surface area contributed by atoms with E-state index in [4.69, 9.17) is 17.3 Å². The van der Waals surface area contributed by atoms with Crippen molar-refractivity contribution in [2.75, 3.05) is 5.73 Å². The zero-order valence-electron chi connectivity index (χ0n) is 6.58. The predicted octanol–water partition coefficient (Wildman–Crippen LogP) is 2.16. The van der Waals surface area contributed by atoms with Crippen molar-refractivity contribution in [3.63, 3.8) is 0 Å². The van der Waals surface area contributed by atoms with E-state index in [0.717, 1.165) is 6.07 Å². The second-order valence-electron chi connectivity index (χ2n) is 2.32. The summed E-state index contributed by atoms with van der Waals surface area (Å²) >= 11 is 5.40. The first-order valence-corrected chi connectivity index (χ1v) is 3.69. The Morgan fingerprint density at radius 3 is 2.64 bits per heavy atom. The van der Waals surface area contributed by atoms with Gasteiger partial charge in [0.15, 0.2) is 0 Å². The van der Waals surface area contributed by atoms with E-state index >= 15 is 0 Å². The average molecular weight is 224 g/mol. The fourth-order valence-electron chi connectivity index (χ4n) is 0.780. The summed E-state index contributed by atoms with van der Waals surface area (Å²) in [6, 6.07) is 0.800. The number of nitrogens with two attached hydrogens (primary N) is 1. The molecule has 0 aliphatic carbocycles. The van der Waals surface area contributed by atoms with Crippen LogP contribution in [0.3, 0.4) is 0 Å². The monoisotopic (exact) mass is 223 g/mol. The summed E-state index contributed by atoms with van der Waals surface area (Å²) in [5.41, 5.74) is 3.99. The Kier molecular flexibility index (Phi) is 2.80. The first kappa shape index (κ1) is 10.6. The van der Waals surface area contributed by atoms with Crippen LogP contribution in [0.25, 0.3) is 0 Å². The van der Waals surface area contributed by atoms with Gasteiger partial charge in [-0.25, -0.2) is 8.78 Å². The minimum atomic E-state index is -2.92. The molecule has 1 aromatic rings. The van der Waals surface area contributed by atoms with E-state index in [1.807, 2.05) is 0 Å². The van der Waals surface area contributed by atoms with Crippen LogP contribution in [0.5, 0.6) is 0 Å². The van der Waals surface area contributed by atoms with Gasteiger partial charge in [0.25, 0.3) is 0 Å². The van der Waals surface area contributed by atoms with E-state index in [9.17, 15) is 18.9 Å². The third-order valence-electron chi connectivity index (χ3n) is 1.40. The van der Waals surface area contributed by atoms with Crippen LogP contribution >= 0.6 is 11.6 Å². The number of hydrogen-bond donors (Lipinski definition) is 1. The first-order valence-electron chi connectivity index (χ1n) is 3.32. The van der Waals surface area contributed by atoms with Gasteiger partial charge in [-0.2, -0.15) is 0 Å². The molecule has 0 saturated carbocycles. The molecule has 0 aromatic carbocycles. The molecule has 0 atom stereocenters. The van der Waals surface area contributed by atoms with E-state index in [0.29, 0.717) is 0 Å². The van der Waals surface area contributed by atoms with E-state index in [2.05, 4.69) is 4.98 Å². The van der Waals surface area contributed by atoms with Crippen molar-refractivity contribution in [3.05, 3.63) is 26.9 Å². The van der Waals surface area contributed by atoms with Gasteiger partial charge in [0, 0.05) is 6.07 Å². The summed E-state index contributed by atoms with van der Waals surface area (Å²) in [7, 11) is 0. The molecular formula is C6H4ClF2N3O2. The first-order chi connectivity index (χ1) is 6.43. The van der Waals surface area contributed by atoms with E-state index in [-0.39, 0.29) is 5.02 Å². The van der Waals surface area contributed by atoms with Crippen molar-refractivity contribution >= 4 is 23.1 Å². The molecule has 2 N–H and O–H groups in total. The molecule has 0 aliphatic heterocycles. The Morgan fingerprint density at radius 2 is 2.21 bits per heavy atom. The predicted molar refractivity (Wildman–Crippen MR) is 45.3 cm³/mol. The number of nitrogens with zero attached hydrogens (tertiary/aromatic N) is 2. The lowest BCUT2D eigenvalue weighted by atomic mass is 10.3. The van der Waals surface area contributed by atoms with Gasteiger partial charge < -0.3 is 15.8 Å². The summed E-state index contributed by atoms with van der Waals surface area (Å²) in [5.74, 6) is -0.854. The fraction of sp³-hybridized carbons (Fsp3) is 0.167.